The summed E-state index contributed by atoms with van der Waals surface area (Å²) in [5, 5.41) is -0.0454. The van der Waals surface area contributed by atoms with Crippen molar-refractivity contribution in [3.05, 3.63) is 58.6 Å². The van der Waals surface area contributed by atoms with E-state index in [1.54, 1.807) is 0 Å². The van der Waals surface area contributed by atoms with Crippen LogP contribution in [0.5, 0.6) is 0 Å². The molecule has 106 valence electrons. The van der Waals surface area contributed by atoms with Crippen LogP contribution in [-0.2, 0) is 15.6 Å². The van der Waals surface area contributed by atoms with E-state index >= 15 is 0 Å². The highest BCUT2D eigenvalue weighted by molar-refractivity contribution is 7.90. The number of benzene rings is 2. The number of anilines is 1. The lowest BCUT2D eigenvalue weighted by Gasteiger charge is -2.09. The molecule has 2 N–H and O–H groups in total. The fraction of sp³-hybridized carbons (Fsp3) is 0.0769. The molecule has 0 aliphatic rings. The average Bonchev–Trinajstić information content (AvgIpc) is 2.37. The van der Waals surface area contributed by atoms with Crippen LogP contribution in [0.25, 0.3) is 0 Å². The van der Waals surface area contributed by atoms with Crippen LogP contribution >= 0.6 is 11.6 Å². The van der Waals surface area contributed by atoms with E-state index in [0.29, 0.717) is 0 Å². The van der Waals surface area contributed by atoms with E-state index in [9.17, 15) is 17.2 Å². The fourth-order valence-electron chi connectivity index (χ4n) is 1.70. The van der Waals surface area contributed by atoms with Crippen LogP contribution in [0.3, 0.4) is 0 Å². The molecule has 0 unspecified atom stereocenters. The Balaban J connectivity index is 2.49. The highest BCUT2D eigenvalue weighted by atomic mass is 35.5. The van der Waals surface area contributed by atoms with Crippen LogP contribution < -0.4 is 5.73 Å². The summed E-state index contributed by atoms with van der Waals surface area (Å²) in [4.78, 5) is -0.248. The summed E-state index contributed by atoms with van der Waals surface area (Å²) in [6.45, 7) is 0. The van der Waals surface area contributed by atoms with Gasteiger partial charge in [0.15, 0.2) is 9.84 Å². The van der Waals surface area contributed by atoms with Crippen molar-refractivity contribution in [2.45, 2.75) is 10.6 Å². The lowest BCUT2D eigenvalue weighted by Crippen LogP contribution is -2.09. The third-order valence-electron chi connectivity index (χ3n) is 2.69. The number of hydrogen-bond acceptors (Lipinski definition) is 3. The summed E-state index contributed by atoms with van der Waals surface area (Å²) in [5.74, 6) is -2.67. The maximum absolute atomic E-state index is 13.5. The van der Waals surface area contributed by atoms with Gasteiger partial charge in [-0.1, -0.05) is 17.7 Å². The highest BCUT2D eigenvalue weighted by Crippen LogP contribution is 2.28. The molecule has 7 heteroatoms. The molecule has 2 rings (SSSR count). The largest absolute Gasteiger partial charge is 0.399 e. The maximum Gasteiger partial charge on any atom is 0.184 e. The second-order valence-electron chi connectivity index (χ2n) is 4.15. The second kappa shape index (κ2) is 5.38. The van der Waals surface area contributed by atoms with Crippen LogP contribution in [0.2, 0.25) is 5.02 Å². The van der Waals surface area contributed by atoms with Crippen molar-refractivity contribution >= 4 is 27.1 Å². The van der Waals surface area contributed by atoms with E-state index in [4.69, 9.17) is 17.3 Å². The van der Waals surface area contributed by atoms with Crippen LogP contribution in [0.4, 0.5) is 14.5 Å². The van der Waals surface area contributed by atoms with Gasteiger partial charge in [-0.3, -0.25) is 0 Å². The normalized spacial score (nSPS) is 11.6. The van der Waals surface area contributed by atoms with E-state index in [-0.39, 0.29) is 15.6 Å². The number of halogens is 3. The quantitative estimate of drug-likeness (QED) is 0.884. The molecule has 0 radical (unpaired) electrons. The van der Waals surface area contributed by atoms with Gasteiger partial charge in [-0.05, 0) is 30.3 Å². The van der Waals surface area contributed by atoms with Crippen LogP contribution in [0.1, 0.15) is 5.56 Å². The summed E-state index contributed by atoms with van der Waals surface area (Å²) in [6.07, 6.45) is 0. The SMILES string of the molecule is Nc1ccc(Cl)c(S(=O)(=O)Cc2c(F)cccc2F)c1. The molecule has 20 heavy (non-hydrogen) atoms. The fourth-order valence-corrected chi connectivity index (χ4v) is 3.66. The zero-order valence-corrected chi connectivity index (χ0v) is 11.7. The van der Waals surface area contributed by atoms with E-state index in [1.807, 2.05) is 0 Å². The molecule has 0 aliphatic heterocycles. The lowest BCUT2D eigenvalue weighted by molar-refractivity contribution is 0.556. The molecule has 2 aromatic carbocycles. The van der Waals surface area contributed by atoms with Gasteiger partial charge >= 0.3 is 0 Å². The third kappa shape index (κ3) is 2.91. The maximum atomic E-state index is 13.5. The Morgan fingerprint density at radius 2 is 1.70 bits per heavy atom. The van der Waals surface area contributed by atoms with Crippen molar-refractivity contribution in [1.82, 2.24) is 0 Å². The van der Waals surface area contributed by atoms with Crippen LogP contribution in [0, 0.1) is 11.6 Å². The zero-order chi connectivity index (χ0) is 14.9. The van der Waals surface area contributed by atoms with Gasteiger partial charge in [-0.15, -0.1) is 0 Å². The van der Waals surface area contributed by atoms with Gasteiger partial charge in [0.25, 0.3) is 0 Å². The predicted molar refractivity (Wildman–Crippen MR) is 73.1 cm³/mol. The molecule has 0 aliphatic carbocycles. The molecule has 0 amide bonds. The van der Waals surface area contributed by atoms with Crippen molar-refractivity contribution in [1.29, 1.82) is 0 Å². The monoisotopic (exact) mass is 317 g/mol. The first-order valence-corrected chi connectivity index (χ1v) is 7.55. The number of nitrogens with two attached hydrogens (primary N) is 1. The second-order valence-corrected chi connectivity index (χ2v) is 6.51. The Labute approximate surface area is 119 Å². The minimum Gasteiger partial charge on any atom is -0.399 e. The third-order valence-corrected chi connectivity index (χ3v) is 4.80. The average molecular weight is 318 g/mol. The number of rotatable bonds is 3. The van der Waals surface area contributed by atoms with Gasteiger partial charge in [0, 0.05) is 11.3 Å². The molecular weight excluding hydrogens is 308 g/mol. The molecule has 0 saturated heterocycles. The van der Waals surface area contributed by atoms with Crippen molar-refractivity contribution < 1.29 is 17.2 Å². The molecule has 3 nitrogen and oxygen atoms in total. The van der Waals surface area contributed by atoms with Gasteiger partial charge in [0.2, 0.25) is 0 Å². The molecule has 0 saturated carbocycles. The molecule has 0 fully saturated rings. The summed E-state index contributed by atoms with van der Waals surface area (Å²) in [5.41, 5.74) is 5.18. The van der Waals surface area contributed by atoms with Gasteiger partial charge in [-0.2, -0.15) is 0 Å². The minimum atomic E-state index is -4.00. The highest BCUT2D eigenvalue weighted by Gasteiger charge is 2.23. The van der Waals surface area contributed by atoms with Crippen molar-refractivity contribution in [3.63, 3.8) is 0 Å². The van der Waals surface area contributed by atoms with Crippen molar-refractivity contribution in [2.24, 2.45) is 0 Å². The van der Waals surface area contributed by atoms with E-state index < -0.39 is 32.8 Å². The molecule has 0 atom stereocenters. The van der Waals surface area contributed by atoms with Crippen LogP contribution in [0.15, 0.2) is 41.3 Å². The number of sulfone groups is 1. The van der Waals surface area contributed by atoms with Crippen LogP contribution in [-0.4, -0.2) is 8.42 Å². The Bertz CT molecular complexity index is 743. The van der Waals surface area contributed by atoms with Crippen molar-refractivity contribution in [3.8, 4) is 0 Å². The topological polar surface area (TPSA) is 60.2 Å². The van der Waals surface area contributed by atoms with Gasteiger partial charge in [0.05, 0.1) is 15.7 Å². The minimum absolute atomic E-state index is 0.0454. The first kappa shape index (κ1) is 14.7. The zero-order valence-electron chi connectivity index (χ0n) is 10.1. The van der Waals surface area contributed by atoms with Crippen molar-refractivity contribution in [2.75, 3.05) is 5.73 Å². The first-order valence-electron chi connectivity index (χ1n) is 5.52. The van der Waals surface area contributed by atoms with Gasteiger partial charge in [0.1, 0.15) is 11.6 Å². The summed E-state index contributed by atoms with van der Waals surface area (Å²) in [7, 11) is -4.00. The molecule has 0 bridgehead atoms. The Hall–Kier alpha value is -1.66. The smallest absolute Gasteiger partial charge is 0.184 e. The lowest BCUT2D eigenvalue weighted by atomic mass is 10.2. The van der Waals surface area contributed by atoms with E-state index in [0.717, 1.165) is 24.3 Å². The predicted octanol–water partition coefficient (Wildman–Crippen LogP) is 3.17. The molecule has 0 spiro atoms. The Morgan fingerprint density at radius 3 is 2.30 bits per heavy atom. The molecular formula is C13H10ClF2NO2S. The van der Waals surface area contributed by atoms with E-state index in [1.165, 1.54) is 12.1 Å². The summed E-state index contributed by atoms with van der Waals surface area (Å²) >= 11 is 5.80. The van der Waals surface area contributed by atoms with E-state index in [2.05, 4.69) is 0 Å². The van der Waals surface area contributed by atoms with Gasteiger partial charge < -0.3 is 5.73 Å². The number of hydrogen-bond donors (Lipinski definition) is 1. The summed E-state index contributed by atoms with van der Waals surface area (Å²) < 4.78 is 51.4. The number of nitrogen functional groups attached to an aromatic ring is 1. The Kier molecular flexibility index (Phi) is 3.96. The first-order chi connectivity index (χ1) is 9.31. The summed E-state index contributed by atoms with van der Waals surface area (Å²) in [6, 6.07) is 7.07. The standard InChI is InChI=1S/C13H10ClF2NO2S/c14-10-5-4-8(17)6-13(10)20(18,19)7-9-11(15)2-1-3-12(9)16/h1-6H,7,17H2. The molecule has 0 heterocycles. The molecule has 2 aromatic rings. The van der Waals surface area contributed by atoms with Gasteiger partial charge in [-0.25, -0.2) is 17.2 Å². The molecule has 0 aromatic heterocycles. The Morgan fingerprint density at radius 1 is 1.10 bits per heavy atom.